The van der Waals surface area contributed by atoms with Gasteiger partial charge in [0.15, 0.2) is 0 Å². The van der Waals surface area contributed by atoms with Crippen LogP contribution in [0.2, 0.25) is 0 Å². The largest absolute Gasteiger partial charge is 0.388 e. The topological polar surface area (TPSA) is 12.0 Å². The van der Waals surface area contributed by atoms with Gasteiger partial charge in [0.2, 0.25) is 0 Å². The Morgan fingerprint density at radius 2 is 1.88 bits per heavy atom. The van der Waals surface area contributed by atoms with Gasteiger partial charge in [0.05, 0.1) is 0 Å². The number of benzene rings is 1. The molecule has 1 aliphatic carbocycles. The van der Waals surface area contributed by atoms with Crippen molar-refractivity contribution in [2.24, 2.45) is 0 Å². The number of anilines is 1. The van der Waals surface area contributed by atoms with Crippen molar-refractivity contribution >= 4 is 11.3 Å². The van der Waals surface area contributed by atoms with Crippen molar-refractivity contribution < 1.29 is 0 Å². The fourth-order valence-corrected chi connectivity index (χ4v) is 2.30. The van der Waals surface area contributed by atoms with E-state index in [9.17, 15) is 0 Å². The summed E-state index contributed by atoms with van der Waals surface area (Å²) in [4.78, 5) is 0. The number of rotatable bonds is 1. The first-order valence-corrected chi connectivity index (χ1v) is 6.55. The van der Waals surface area contributed by atoms with Gasteiger partial charge >= 0.3 is 0 Å². The molecule has 0 unspecified atom stereocenters. The van der Waals surface area contributed by atoms with Crippen molar-refractivity contribution in [1.29, 1.82) is 0 Å². The fraction of sp³-hybridized carbons (Fsp3) is 0.500. The van der Waals surface area contributed by atoms with Gasteiger partial charge in [-0.1, -0.05) is 40.3 Å². The highest BCUT2D eigenvalue weighted by molar-refractivity contribution is 5.72. The normalized spacial score (nSPS) is 16.6. The van der Waals surface area contributed by atoms with E-state index in [2.05, 4.69) is 43.9 Å². The quantitative estimate of drug-likeness (QED) is 0.729. The summed E-state index contributed by atoms with van der Waals surface area (Å²) < 4.78 is 0. The zero-order chi connectivity index (χ0) is 13.1. The summed E-state index contributed by atoms with van der Waals surface area (Å²) in [5.41, 5.74) is 5.54. The monoisotopic (exact) mass is 231 g/mol. The molecule has 1 aromatic carbocycles. The standard InChI is InChI=1S/C14H19N.C2H6/c1-10-7-8-14(2,3)13-9-11(15-4)5-6-12(10)13;1-2/h5-6,9,15H,1,7-8H2,2-4H3;1-2H3. The fourth-order valence-electron chi connectivity index (χ4n) is 2.30. The maximum atomic E-state index is 4.16. The van der Waals surface area contributed by atoms with E-state index in [1.54, 1.807) is 0 Å². The second-order valence-electron chi connectivity index (χ2n) is 5.00. The van der Waals surface area contributed by atoms with Gasteiger partial charge in [-0.2, -0.15) is 0 Å². The van der Waals surface area contributed by atoms with Crippen LogP contribution in [0.4, 0.5) is 5.69 Å². The van der Waals surface area contributed by atoms with Crippen LogP contribution < -0.4 is 5.32 Å². The Bertz CT molecular complexity index is 402. The molecule has 0 saturated heterocycles. The number of hydrogen-bond acceptors (Lipinski definition) is 1. The van der Waals surface area contributed by atoms with Crippen molar-refractivity contribution in [3.05, 3.63) is 35.9 Å². The van der Waals surface area contributed by atoms with Crippen molar-refractivity contribution in [2.75, 3.05) is 12.4 Å². The predicted molar refractivity (Wildman–Crippen MR) is 78.6 cm³/mol. The average molecular weight is 231 g/mol. The van der Waals surface area contributed by atoms with Gasteiger partial charge in [-0.15, -0.1) is 0 Å². The maximum Gasteiger partial charge on any atom is 0.0340 e. The lowest BCUT2D eigenvalue weighted by Crippen LogP contribution is -2.23. The molecule has 1 aliphatic rings. The van der Waals surface area contributed by atoms with E-state index in [1.165, 1.54) is 28.8 Å². The first-order chi connectivity index (χ1) is 8.04. The van der Waals surface area contributed by atoms with E-state index in [-0.39, 0.29) is 5.41 Å². The summed E-state index contributed by atoms with van der Waals surface area (Å²) in [6, 6.07) is 6.59. The lowest BCUT2D eigenvalue weighted by atomic mass is 9.71. The van der Waals surface area contributed by atoms with Crippen molar-refractivity contribution in [3.63, 3.8) is 0 Å². The van der Waals surface area contributed by atoms with Crippen LogP contribution in [-0.2, 0) is 5.41 Å². The minimum absolute atomic E-state index is 0.281. The maximum absolute atomic E-state index is 4.16. The van der Waals surface area contributed by atoms with Crippen LogP contribution in [0.5, 0.6) is 0 Å². The molecule has 0 fully saturated rings. The lowest BCUT2D eigenvalue weighted by Gasteiger charge is -2.34. The number of hydrogen-bond donors (Lipinski definition) is 1. The highest BCUT2D eigenvalue weighted by Gasteiger charge is 2.28. The van der Waals surface area contributed by atoms with Crippen LogP contribution >= 0.6 is 0 Å². The van der Waals surface area contributed by atoms with Crippen molar-refractivity contribution in [1.82, 2.24) is 0 Å². The molecular formula is C16H25N. The third-order valence-electron chi connectivity index (χ3n) is 3.47. The van der Waals surface area contributed by atoms with Crippen LogP contribution in [-0.4, -0.2) is 7.05 Å². The minimum atomic E-state index is 0.281. The van der Waals surface area contributed by atoms with E-state index < -0.39 is 0 Å². The molecule has 0 spiro atoms. The number of nitrogens with one attached hydrogen (secondary N) is 1. The Morgan fingerprint density at radius 1 is 1.24 bits per heavy atom. The molecule has 0 aromatic heterocycles. The summed E-state index contributed by atoms with van der Waals surface area (Å²) in [5, 5.41) is 3.20. The molecule has 1 N–H and O–H groups in total. The number of allylic oxidation sites excluding steroid dienone is 1. The molecule has 0 bridgehead atoms. The molecule has 94 valence electrons. The molecule has 17 heavy (non-hydrogen) atoms. The Balaban J connectivity index is 0.000000686. The first kappa shape index (κ1) is 13.8. The number of fused-ring (bicyclic) bond motifs is 1. The lowest BCUT2D eigenvalue weighted by molar-refractivity contribution is 0.475. The SMILES string of the molecule is C=C1CCC(C)(C)c2cc(NC)ccc21.CC. The Labute approximate surface area is 106 Å². The van der Waals surface area contributed by atoms with Crippen molar-refractivity contribution in [2.45, 2.75) is 46.0 Å². The molecule has 1 heteroatoms. The summed E-state index contributed by atoms with van der Waals surface area (Å²) in [6.45, 7) is 12.8. The molecule has 0 aliphatic heterocycles. The van der Waals surface area contributed by atoms with Gasteiger partial charge in [0.25, 0.3) is 0 Å². The minimum Gasteiger partial charge on any atom is -0.388 e. The van der Waals surface area contributed by atoms with E-state index in [0.717, 1.165) is 6.42 Å². The van der Waals surface area contributed by atoms with Crippen molar-refractivity contribution in [3.8, 4) is 0 Å². The van der Waals surface area contributed by atoms with E-state index in [1.807, 2.05) is 20.9 Å². The summed E-state index contributed by atoms with van der Waals surface area (Å²) in [5.74, 6) is 0. The van der Waals surface area contributed by atoms with Crippen LogP contribution in [0, 0.1) is 0 Å². The average Bonchev–Trinajstić information content (AvgIpc) is 2.36. The van der Waals surface area contributed by atoms with Crippen LogP contribution in [0.25, 0.3) is 5.57 Å². The van der Waals surface area contributed by atoms with E-state index in [4.69, 9.17) is 0 Å². The second kappa shape index (κ2) is 5.39. The molecule has 0 atom stereocenters. The highest BCUT2D eigenvalue weighted by Crippen LogP contribution is 2.42. The Kier molecular flexibility index (Phi) is 4.39. The molecule has 2 rings (SSSR count). The second-order valence-corrected chi connectivity index (χ2v) is 5.00. The predicted octanol–water partition coefficient (Wildman–Crippen LogP) is 4.84. The van der Waals surface area contributed by atoms with Crippen LogP contribution in [0.15, 0.2) is 24.8 Å². The zero-order valence-corrected chi connectivity index (χ0v) is 11.9. The van der Waals surface area contributed by atoms with Gasteiger partial charge in [-0.3, -0.25) is 0 Å². The van der Waals surface area contributed by atoms with E-state index in [0.29, 0.717) is 0 Å². The Morgan fingerprint density at radius 3 is 2.47 bits per heavy atom. The van der Waals surface area contributed by atoms with E-state index >= 15 is 0 Å². The van der Waals surface area contributed by atoms with Crippen LogP contribution in [0.1, 0.15) is 51.7 Å². The summed E-state index contributed by atoms with van der Waals surface area (Å²) in [6.07, 6.45) is 2.32. The van der Waals surface area contributed by atoms with Gasteiger partial charge in [-0.25, -0.2) is 0 Å². The van der Waals surface area contributed by atoms with Gasteiger partial charge in [0, 0.05) is 12.7 Å². The molecule has 1 aromatic rings. The molecule has 1 nitrogen and oxygen atoms in total. The molecule has 0 radical (unpaired) electrons. The summed E-state index contributed by atoms with van der Waals surface area (Å²) in [7, 11) is 1.96. The molecular weight excluding hydrogens is 206 g/mol. The van der Waals surface area contributed by atoms with Crippen LogP contribution in [0.3, 0.4) is 0 Å². The molecule has 0 heterocycles. The first-order valence-electron chi connectivity index (χ1n) is 6.55. The Hall–Kier alpha value is -1.24. The van der Waals surface area contributed by atoms with Gasteiger partial charge < -0.3 is 5.32 Å². The third kappa shape index (κ3) is 2.71. The zero-order valence-electron chi connectivity index (χ0n) is 11.9. The smallest absolute Gasteiger partial charge is 0.0340 e. The highest BCUT2D eigenvalue weighted by atomic mass is 14.8. The van der Waals surface area contributed by atoms with Gasteiger partial charge in [0.1, 0.15) is 0 Å². The summed E-state index contributed by atoms with van der Waals surface area (Å²) >= 11 is 0. The van der Waals surface area contributed by atoms with Gasteiger partial charge in [-0.05, 0) is 47.1 Å². The molecule has 0 amide bonds. The third-order valence-corrected chi connectivity index (χ3v) is 3.47. The molecule has 0 saturated carbocycles.